The van der Waals surface area contributed by atoms with Crippen molar-refractivity contribution in [2.75, 3.05) is 26.3 Å². The third kappa shape index (κ3) is 3.81. The molecule has 1 aliphatic heterocycles. The summed E-state index contributed by atoms with van der Waals surface area (Å²) in [5.74, 6) is 0.0134. The lowest BCUT2D eigenvalue weighted by Gasteiger charge is -2.28. The van der Waals surface area contributed by atoms with Crippen LogP contribution < -0.4 is 0 Å². The number of morpholine rings is 1. The van der Waals surface area contributed by atoms with Gasteiger partial charge in [-0.2, -0.15) is 0 Å². The van der Waals surface area contributed by atoms with Crippen LogP contribution in [0.3, 0.4) is 0 Å². The Morgan fingerprint density at radius 2 is 1.65 bits per heavy atom. The van der Waals surface area contributed by atoms with Crippen molar-refractivity contribution < 1.29 is 9.53 Å². The van der Waals surface area contributed by atoms with Crippen molar-refractivity contribution in [3.63, 3.8) is 0 Å². The van der Waals surface area contributed by atoms with Crippen LogP contribution in [0.1, 0.15) is 11.1 Å². The van der Waals surface area contributed by atoms with Gasteiger partial charge in [0, 0.05) is 23.7 Å². The molecule has 1 heterocycles. The maximum atomic E-state index is 13.0. The molecule has 0 bridgehead atoms. The summed E-state index contributed by atoms with van der Waals surface area (Å²) in [5, 5.41) is 0.635. The Balaban J connectivity index is 2.00. The van der Waals surface area contributed by atoms with E-state index in [4.69, 9.17) is 16.3 Å². The molecule has 0 saturated carbocycles. The predicted octanol–water partition coefficient (Wildman–Crippen LogP) is 3.74. The Kier molecular flexibility index (Phi) is 5.11. The first kappa shape index (κ1) is 15.8. The number of hydrogen-bond donors (Lipinski definition) is 0. The molecule has 0 unspecified atom stereocenters. The molecule has 1 aliphatic rings. The zero-order valence-corrected chi connectivity index (χ0v) is 13.5. The van der Waals surface area contributed by atoms with Crippen molar-refractivity contribution in [2.24, 2.45) is 0 Å². The van der Waals surface area contributed by atoms with E-state index in [-0.39, 0.29) is 5.91 Å². The molecule has 2 aromatic carbocycles. The van der Waals surface area contributed by atoms with Crippen LogP contribution in [0.25, 0.3) is 11.6 Å². The van der Waals surface area contributed by atoms with Gasteiger partial charge in [0.1, 0.15) is 0 Å². The van der Waals surface area contributed by atoms with Gasteiger partial charge in [0.15, 0.2) is 0 Å². The van der Waals surface area contributed by atoms with Crippen LogP contribution in [-0.2, 0) is 9.53 Å². The first-order chi connectivity index (χ1) is 11.3. The highest BCUT2D eigenvalue weighted by molar-refractivity contribution is 6.33. The fourth-order valence-corrected chi connectivity index (χ4v) is 2.76. The van der Waals surface area contributed by atoms with Crippen LogP contribution in [0.15, 0.2) is 54.6 Å². The number of halogens is 1. The molecule has 2 aromatic rings. The largest absolute Gasteiger partial charge is 0.378 e. The standard InChI is InChI=1S/C19H18ClNO2/c20-18-9-5-4-8-16(18)14-17(15-6-2-1-3-7-15)19(22)21-10-12-23-13-11-21/h1-9,14H,10-13H2/b17-14-. The average molecular weight is 328 g/mol. The lowest BCUT2D eigenvalue weighted by molar-refractivity contribution is -0.128. The second kappa shape index (κ2) is 7.44. The molecule has 0 radical (unpaired) electrons. The number of benzene rings is 2. The number of ether oxygens (including phenoxy) is 1. The summed E-state index contributed by atoms with van der Waals surface area (Å²) < 4.78 is 5.34. The molecule has 3 rings (SSSR count). The number of rotatable bonds is 3. The molecule has 0 aromatic heterocycles. The van der Waals surface area contributed by atoms with Gasteiger partial charge < -0.3 is 9.64 Å². The Morgan fingerprint density at radius 1 is 1.00 bits per heavy atom. The van der Waals surface area contributed by atoms with E-state index < -0.39 is 0 Å². The van der Waals surface area contributed by atoms with Gasteiger partial charge in [-0.1, -0.05) is 60.1 Å². The average Bonchev–Trinajstić information content (AvgIpc) is 2.62. The van der Waals surface area contributed by atoms with Gasteiger partial charge in [0.2, 0.25) is 0 Å². The van der Waals surface area contributed by atoms with Gasteiger partial charge >= 0.3 is 0 Å². The fraction of sp³-hybridized carbons (Fsp3) is 0.211. The van der Waals surface area contributed by atoms with Crippen molar-refractivity contribution in [2.45, 2.75) is 0 Å². The van der Waals surface area contributed by atoms with E-state index in [1.54, 1.807) is 0 Å². The van der Waals surface area contributed by atoms with Crippen LogP contribution >= 0.6 is 11.6 Å². The lowest BCUT2D eigenvalue weighted by atomic mass is 10.0. The van der Waals surface area contributed by atoms with E-state index in [0.717, 1.165) is 11.1 Å². The van der Waals surface area contributed by atoms with E-state index >= 15 is 0 Å². The molecule has 1 fully saturated rings. The first-order valence-corrected chi connectivity index (χ1v) is 8.02. The molecule has 0 atom stereocenters. The molecule has 0 N–H and O–H groups in total. The van der Waals surface area contributed by atoms with Gasteiger partial charge in [0.05, 0.1) is 13.2 Å². The van der Waals surface area contributed by atoms with Gasteiger partial charge in [-0.3, -0.25) is 4.79 Å². The number of hydrogen-bond acceptors (Lipinski definition) is 2. The van der Waals surface area contributed by atoms with E-state index in [1.807, 2.05) is 65.6 Å². The quantitative estimate of drug-likeness (QED) is 0.635. The molecular formula is C19H18ClNO2. The highest BCUT2D eigenvalue weighted by atomic mass is 35.5. The van der Waals surface area contributed by atoms with Crippen LogP contribution in [0.4, 0.5) is 0 Å². The number of amides is 1. The normalized spacial score (nSPS) is 15.5. The van der Waals surface area contributed by atoms with Gasteiger partial charge in [-0.05, 0) is 23.3 Å². The van der Waals surface area contributed by atoms with Crippen molar-refractivity contribution in [3.8, 4) is 0 Å². The third-order valence-electron chi connectivity index (χ3n) is 3.82. The van der Waals surface area contributed by atoms with Gasteiger partial charge in [-0.15, -0.1) is 0 Å². The fourth-order valence-electron chi connectivity index (χ4n) is 2.57. The minimum Gasteiger partial charge on any atom is -0.378 e. The number of carbonyl (C=O) groups excluding carboxylic acids is 1. The number of carbonyl (C=O) groups is 1. The highest BCUT2D eigenvalue weighted by Gasteiger charge is 2.21. The van der Waals surface area contributed by atoms with Crippen molar-refractivity contribution in [3.05, 3.63) is 70.7 Å². The van der Waals surface area contributed by atoms with E-state index in [9.17, 15) is 4.79 Å². The minimum atomic E-state index is 0.0134. The Morgan fingerprint density at radius 3 is 2.35 bits per heavy atom. The van der Waals surface area contributed by atoms with Crippen LogP contribution in [-0.4, -0.2) is 37.1 Å². The maximum absolute atomic E-state index is 13.0. The summed E-state index contributed by atoms with van der Waals surface area (Å²) >= 11 is 6.26. The summed E-state index contributed by atoms with van der Waals surface area (Å²) in [6.07, 6.45) is 1.87. The van der Waals surface area contributed by atoms with E-state index in [0.29, 0.717) is 36.9 Å². The predicted molar refractivity (Wildman–Crippen MR) is 93.2 cm³/mol. The molecule has 3 nitrogen and oxygen atoms in total. The second-order valence-electron chi connectivity index (χ2n) is 5.35. The molecule has 118 valence electrons. The molecule has 4 heteroatoms. The van der Waals surface area contributed by atoms with Crippen LogP contribution in [0.2, 0.25) is 5.02 Å². The van der Waals surface area contributed by atoms with Crippen molar-refractivity contribution in [1.82, 2.24) is 4.90 Å². The first-order valence-electron chi connectivity index (χ1n) is 7.64. The maximum Gasteiger partial charge on any atom is 0.254 e. The second-order valence-corrected chi connectivity index (χ2v) is 5.76. The summed E-state index contributed by atoms with van der Waals surface area (Å²) in [4.78, 5) is 14.8. The summed E-state index contributed by atoms with van der Waals surface area (Å²) in [7, 11) is 0. The summed E-state index contributed by atoms with van der Waals surface area (Å²) in [5.41, 5.74) is 2.39. The zero-order valence-electron chi connectivity index (χ0n) is 12.7. The molecule has 1 saturated heterocycles. The van der Waals surface area contributed by atoms with Crippen LogP contribution in [0, 0.1) is 0 Å². The highest BCUT2D eigenvalue weighted by Crippen LogP contribution is 2.25. The lowest BCUT2D eigenvalue weighted by Crippen LogP contribution is -2.41. The van der Waals surface area contributed by atoms with Gasteiger partial charge in [-0.25, -0.2) is 0 Å². The van der Waals surface area contributed by atoms with Crippen LogP contribution in [0.5, 0.6) is 0 Å². The molecule has 0 aliphatic carbocycles. The monoisotopic (exact) mass is 327 g/mol. The van der Waals surface area contributed by atoms with E-state index in [2.05, 4.69) is 0 Å². The Hall–Kier alpha value is -2.10. The molecule has 23 heavy (non-hydrogen) atoms. The van der Waals surface area contributed by atoms with Crippen molar-refractivity contribution in [1.29, 1.82) is 0 Å². The van der Waals surface area contributed by atoms with Gasteiger partial charge in [0.25, 0.3) is 5.91 Å². The van der Waals surface area contributed by atoms with E-state index in [1.165, 1.54) is 0 Å². The minimum absolute atomic E-state index is 0.0134. The third-order valence-corrected chi connectivity index (χ3v) is 4.16. The molecular weight excluding hydrogens is 310 g/mol. The summed E-state index contributed by atoms with van der Waals surface area (Å²) in [6.45, 7) is 2.40. The van der Waals surface area contributed by atoms with Crippen molar-refractivity contribution >= 4 is 29.2 Å². The SMILES string of the molecule is O=C(/C(=C\c1ccccc1Cl)c1ccccc1)N1CCOCC1. The number of nitrogens with zero attached hydrogens (tertiary/aromatic N) is 1. The Labute approximate surface area is 141 Å². The zero-order chi connectivity index (χ0) is 16.1. The topological polar surface area (TPSA) is 29.5 Å². The Bertz CT molecular complexity index is 706. The summed E-state index contributed by atoms with van der Waals surface area (Å²) in [6, 6.07) is 17.2. The molecule has 0 spiro atoms. The molecule has 1 amide bonds. The smallest absolute Gasteiger partial charge is 0.254 e.